The summed E-state index contributed by atoms with van der Waals surface area (Å²) in [7, 11) is 1.76. The van der Waals surface area contributed by atoms with E-state index in [-0.39, 0.29) is 24.0 Å². The number of halogens is 2. The van der Waals surface area contributed by atoms with Crippen LogP contribution < -0.4 is 10.6 Å². The molecule has 2 rings (SSSR count). The number of methoxy groups -OCH3 is 1. The summed E-state index contributed by atoms with van der Waals surface area (Å²) in [6.45, 7) is 7.33. The molecule has 1 aliphatic rings. The van der Waals surface area contributed by atoms with Gasteiger partial charge in [-0.2, -0.15) is 0 Å². The zero-order valence-electron chi connectivity index (χ0n) is 15.1. The van der Waals surface area contributed by atoms with E-state index in [1.54, 1.807) is 7.11 Å². The molecular weight excluding hydrogens is 451 g/mol. The van der Waals surface area contributed by atoms with Crippen LogP contribution in [0.25, 0.3) is 0 Å². The number of nitrogens with zero attached hydrogens (tertiary/aromatic N) is 2. The van der Waals surface area contributed by atoms with E-state index < -0.39 is 0 Å². The molecule has 0 saturated carbocycles. The number of nitrogens with one attached hydrogen (secondary N) is 2. The number of rotatable bonds is 8. The van der Waals surface area contributed by atoms with Crippen molar-refractivity contribution in [2.75, 3.05) is 39.9 Å². The largest absolute Gasteiger partial charge is 0.383 e. The van der Waals surface area contributed by atoms with Crippen LogP contribution in [0.1, 0.15) is 25.3 Å². The molecule has 0 radical (unpaired) electrons. The number of hydrogen-bond donors (Lipinski definition) is 2. The van der Waals surface area contributed by atoms with Gasteiger partial charge in [0, 0.05) is 37.8 Å². The first kappa shape index (κ1) is 22.5. The summed E-state index contributed by atoms with van der Waals surface area (Å²) in [5.41, 5.74) is 1.04. The Morgan fingerprint density at radius 3 is 2.88 bits per heavy atom. The second kappa shape index (κ2) is 12.7. The highest BCUT2D eigenvalue weighted by molar-refractivity contribution is 14.0. The van der Waals surface area contributed by atoms with Crippen LogP contribution in [0.2, 0.25) is 5.02 Å². The van der Waals surface area contributed by atoms with Gasteiger partial charge >= 0.3 is 0 Å². The monoisotopic (exact) mass is 480 g/mol. The van der Waals surface area contributed by atoms with Crippen molar-refractivity contribution < 1.29 is 4.74 Å². The number of ether oxygens (including phenoxy) is 1. The third kappa shape index (κ3) is 7.68. The van der Waals surface area contributed by atoms with Crippen molar-refractivity contribution >= 4 is 41.5 Å². The Kier molecular flexibility index (Phi) is 11.4. The zero-order valence-corrected chi connectivity index (χ0v) is 18.2. The molecule has 1 unspecified atom stereocenters. The molecule has 7 heteroatoms. The van der Waals surface area contributed by atoms with E-state index in [0.717, 1.165) is 49.3 Å². The molecule has 5 nitrogen and oxygen atoms in total. The molecule has 0 aromatic heterocycles. The average molecular weight is 481 g/mol. The minimum Gasteiger partial charge on any atom is -0.383 e. The quantitative estimate of drug-likeness (QED) is 0.341. The van der Waals surface area contributed by atoms with Crippen LogP contribution in [0.5, 0.6) is 0 Å². The lowest BCUT2D eigenvalue weighted by atomic mass is 10.2. The Morgan fingerprint density at radius 1 is 1.36 bits per heavy atom. The van der Waals surface area contributed by atoms with Gasteiger partial charge in [-0.25, -0.2) is 4.99 Å². The predicted octanol–water partition coefficient (Wildman–Crippen LogP) is 3.12. The third-order valence-electron chi connectivity index (χ3n) is 4.30. The second-order valence-electron chi connectivity index (χ2n) is 5.99. The van der Waals surface area contributed by atoms with Gasteiger partial charge < -0.3 is 15.4 Å². The maximum Gasteiger partial charge on any atom is 0.191 e. The van der Waals surface area contributed by atoms with Crippen molar-refractivity contribution in [3.8, 4) is 0 Å². The molecular formula is C18H30ClIN4O. The summed E-state index contributed by atoms with van der Waals surface area (Å²) in [5, 5.41) is 7.54. The molecule has 1 heterocycles. The number of aliphatic imine (C=N–C) groups is 1. The van der Waals surface area contributed by atoms with E-state index in [2.05, 4.69) is 27.4 Å². The lowest BCUT2D eigenvalue weighted by Crippen LogP contribution is -2.45. The Bertz CT molecular complexity index is 530. The van der Waals surface area contributed by atoms with Crippen LogP contribution in [-0.4, -0.2) is 56.8 Å². The fraction of sp³-hybridized carbons (Fsp3) is 0.611. The number of likely N-dealkylation sites (tertiary alicyclic amines) is 1. The minimum absolute atomic E-state index is 0. The van der Waals surface area contributed by atoms with Gasteiger partial charge in [-0.1, -0.05) is 29.8 Å². The number of benzene rings is 1. The maximum absolute atomic E-state index is 6.20. The standard InChI is InChI=1S/C18H29ClN4O.HI/c1-3-20-18(21-13-15-7-4-5-9-17(15)19)22-14-16-8-6-10-23(16)11-12-24-2;/h4-5,7,9,16H,3,6,8,10-14H2,1-2H3,(H2,20,21,22);1H. The molecule has 1 fully saturated rings. The van der Waals surface area contributed by atoms with Gasteiger partial charge in [0.2, 0.25) is 0 Å². The molecule has 0 aliphatic carbocycles. The summed E-state index contributed by atoms with van der Waals surface area (Å²) < 4.78 is 5.20. The lowest BCUT2D eigenvalue weighted by molar-refractivity contribution is 0.141. The lowest BCUT2D eigenvalue weighted by Gasteiger charge is -2.25. The normalized spacial score (nSPS) is 18.0. The van der Waals surface area contributed by atoms with Crippen molar-refractivity contribution in [3.05, 3.63) is 34.9 Å². The molecule has 142 valence electrons. The molecule has 2 N–H and O–H groups in total. The number of hydrogen-bond acceptors (Lipinski definition) is 3. The van der Waals surface area contributed by atoms with Gasteiger partial charge in [0.1, 0.15) is 0 Å². The Hall–Kier alpha value is -0.570. The predicted molar refractivity (Wildman–Crippen MR) is 116 cm³/mol. The average Bonchev–Trinajstić information content (AvgIpc) is 3.04. The van der Waals surface area contributed by atoms with Crippen molar-refractivity contribution in [2.24, 2.45) is 4.99 Å². The Morgan fingerprint density at radius 2 is 2.16 bits per heavy atom. The summed E-state index contributed by atoms with van der Waals surface area (Å²) in [6, 6.07) is 8.39. The van der Waals surface area contributed by atoms with Crippen molar-refractivity contribution in [3.63, 3.8) is 0 Å². The van der Waals surface area contributed by atoms with Crippen LogP contribution in [0.3, 0.4) is 0 Å². The highest BCUT2D eigenvalue weighted by atomic mass is 127. The fourth-order valence-electron chi connectivity index (χ4n) is 2.98. The van der Waals surface area contributed by atoms with E-state index >= 15 is 0 Å². The van der Waals surface area contributed by atoms with Crippen molar-refractivity contribution in [1.82, 2.24) is 15.5 Å². The van der Waals surface area contributed by atoms with Crippen LogP contribution >= 0.6 is 35.6 Å². The SMILES string of the molecule is CCNC(=NCc1ccccc1Cl)NCC1CCCN1CCOC.I. The molecule has 1 atom stereocenters. The Balaban J connectivity index is 0.00000312. The number of guanidine groups is 1. The summed E-state index contributed by atoms with van der Waals surface area (Å²) >= 11 is 6.20. The molecule has 0 spiro atoms. The van der Waals surface area contributed by atoms with E-state index in [0.29, 0.717) is 12.6 Å². The smallest absolute Gasteiger partial charge is 0.191 e. The van der Waals surface area contributed by atoms with Crippen molar-refractivity contribution in [2.45, 2.75) is 32.4 Å². The van der Waals surface area contributed by atoms with Gasteiger partial charge in [0.05, 0.1) is 13.2 Å². The molecule has 1 aromatic carbocycles. The molecule has 0 bridgehead atoms. The molecule has 0 amide bonds. The molecule has 25 heavy (non-hydrogen) atoms. The van der Waals surface area contributed by atoms with Gasteiger partial charge in [-0.3, -0.25) is 4.90 Å². The first-order chi connectivity index (χ1) is 11.7. The van der Waals surface area contributed by atoms with Crippen LogP contribution in [-0.2, 0) is 11.3 Å². The van der Waals surface area contributed by atoms with E-state index in [1.165, 1.54) is 12.8 Å². The highest BCUT2D eigenvalue weighted by Gasteiger charge is 2.23. The second-order valence-corrected chi connectivity index (χ2v) is 6.40. The first-order valence-electron chi connectivity index (χ1n) is 8.73. The summed E-state index contributed by atoms with van der Waals surface area (Å²) in [5.74, 6) is 0.844. The van der Waals surface area contributed by atoms with Crippen LogP contribution in [0, 0.1) is 0 Å². The summed E-state index contributed by atoms with van der Waals surface area (Å²) in [4.78, 5) is 7.15. The van der Waals surface area contributed by atoms with E-state index in [1.807, 2.05) is 24.3 Å². The minimum atomic E-state index is 0. The van der Waals surface area contributed by atoms with Gasteiger partial charge in [0.15, 0.2) is 5.96 Å². The van der Waals surface area contributed by atoms with Gasteiger partial charge in [-0.05, 0) is 37.9 Å². The van der Waals surface area contributed by atoms with Crippen molar-refractivity contribution in [1.29, 1.82) is 0 Å². The highest BCUT2D eigenvalue weighted by Crippen LogP contribution is 2.17. The maximum atomic E-state index is 6.20. The van der Waals surface area contributed by atoms with Gasteiger partial charge in [-0.15, -0.1) is 24.0 Å². The first-order valence-corrected chi connectivity index (χ1v) is 9.11. The fourth-order valence-corrected chi connectivity index (χ4v) is 3.17. The topological polar surface area (TPSA) is 48.9 Å². The molecule has 1 aliphatic heterocycles. The molecule has 1 aromatic rings. The van der Waals surface area contributed by atoms with E-state index in [9.17, 15) is 0 Å². The van der Waals surface area contributed by atoms with Crippen LogP contribution in [0.4, 0.5) is 0 Å². The zero-order chi connectivity index (χ0) is 17.2. The third-order valence-corrected chi connectivity index (χ3v) is 4.67. The van der Waals surface area contributed by atoms with Crippen LogP contribution in [0.15, 0.2) is 29.3 Å². The summed E-state index contributed by atoms with van der Waals surface area (Å²) in [6.07, 6.45) is 2.48. The Labute approximate surface area is 173 Å². The van der Waals surface area contributed by atoms with Gasteiger partial charge in [0.25, 0.3) is 0 Å². The van der Waals surface area contributed by atoms with E-state index in [4.69, 9.17) is 16.3 Å². The molecule has 1 saturated heterocycles.